The van der Waals surface area contributed by atoms with Gasteiger partial charge in [0.15, 0.2) is 6.10 Å². The van der Waals surface area contributed by atoms with E-state index in [9.17, 15) is 9.59 Å². The molecule has 3 rings (SSSR count). The minimum atomic E-state index is -1.06. The molecular formula is C14H16N4O4. The number of nitrogens with one attached hydrogen (secondary N) is 1. The van der Waals surface area contributed by atoms with Crippen LogP contribution in [0.4, 0.5) is 0 Å². The number of rotatable bonds is 3. The molecule has 0 aromatic carbocycles. The molecule has 0 spiro atoms. The Morgan fingerprint density at radius 2 is 2.32 bits per heavy atom. The molecule has 2 N–H and O–H groups in total. The lowest BCUT2D eigenvalue weighted by molar-refractivity contribution is -0.154. The third-order valence-corrected chi connectivity index (χ3v) is 3.64. The summed E-state index contributed by atoms with van der Waals surface area (Å²) < 4.78 is 7.02. The van der Waals surface area contributed by atoms with Crippen molar-refractivity contribution < 1.29 is 19.4 Å². The summed E-state index contributed by atoms with van der Waals surface area (Å²) in [6.07, 6.45) is 0.915. The van der Waals surface area contributed by atoms with Crippen molar-refractivity contribution in [1.29, 1.82) is 0 Å². The molecule has 1 aliphatic rings. The van der Waals surface area contributed by atoms with Crippen molar-refractivity contribution in [2.45, 2.75) is 6.10 Å². The van der Waals surface area contributed by atoms with Gasteiger partial charge in [-0.2, -0.15) is 5.10 Å². The first-order valence-electron chi connectivity index (χ1n) is 6.87. The summed E-state index contributed by atoms with van der Waals surface area (Å²) in [7, 11) is 1.89. The van der Waals surface area contributed by atoms with Crippen molar-refractivity contribution in [2.75, 3.05) is 19.7 Å². The highest BCUT2D eigenvalue weighted by molar-refractivity contribution is 5.93. The molecule has 0 saturated carbocycles. The first-order chi connectivity index (χ1) is 10.6. The van der Waals surface area contributed by atoms with Gasteiger partial charge in [0.25, 0.3) is 5.91 Å². The van der Waals surface area contributed by atoms with Crippen LogP contribution in [-0.4, -0.2) is 62.4 Å². The second kappa shape index (κ2) is 5.64. The summed E-state index contributed by atoms with van der Waals surface area (Å²) in [5.74, 6) is -1.34. The van der Waals surface area contributed by atoms with E-state index in [0.29, 0.717) is 17.9 Å². The van der Waals surface area contributed by atoms with Crippen LogP contribution < -0.4 is 0 Å². The number of morpholine rings is 1. The Kier molecular flexibility index (Phi) is 3.68. The fourth-order valence-corrected chi connectivity index (χ4v) is 2.44. The zero-order valence-electron chi connectivity index (χ0n) is 12.0. The molecule has 1 saturated heterocycles. The number of carbonyl (C=O) groups is 2. The summed E-state index contributed by atoms with van der Waals surface area (Å²) in [6.45, 7) is 0.606. The van der Waals surface area contributed by atoms with Crippen LogP contribution in [0.15, 0.2) is 24.4 Å². The van der Waals surface area contributed by atoms with Crippen molar-refractivity contribution in [3.8, 4) is 11.4 Å². The van der Waals surface area contributed by atoms with Gasteiger partial charge in [-0.15, -0.1) is 0 Å². The van der Waals surface area contributed by atoms with Gasteiger partial charge in [0.2, 0.25) is 0 Å². The average molecular weight is 304 g/mol. The fraction of sp³-hybridized carbons (Fsp3) is 0.357. The number of hydrogen-bond donors (Lipinski definition) is 2. The standard InChI is InChI=1S/C14H16N4O4/c1-17-4-2-3-11(17)9-7-10(16-15-9)13(19)18-5-6-22-12(8-18)14(20)21/h2-4,7,12H,5-6,8H2,1H3,(H,15,16)(H,20,21)/t12-/m0/s1. The van der Waals surface area contributed by atoms with Crippen LogP contribution in [0.1, 0.15) is 10.5 Å². The van der Waals surface area contributed by atoms with E-state index < -0.39 is 12.1 Å². The fourth-order valence-electron chi connectivity index (χ4n) is 2.44. The monoisotopic (exact) mass is 304 g/mol. The number of carboxylic acids is 1. The highest BCUT2D eigenvalue weighted by Gasteiger charge is 2.30. The van der Waals surface area contributed by atoms with Crippen LogP contribution in [0.2, 0.25) is 0 Å². The van der Waals surface area contributed by atoms with Crippen LogP contribution >= 0.6 is 0 Å². The van der Waals surface area contributed by atoms with Crippen molar-refractivity contribution in [3.05, 3.63) is 30.1 Å². The van der Waals surface area contributed by atoms with Crippen molar-refractivity contribution in [3.63, 3.8) is 0 Å². The Bertz CT molecular complexity index is 705. The maximum absolute atomic E-state index is 12.4. The Balaban J connectivity index is 1.77. The molecule has 0 aliphatic carbocycles. The summed E-state index contributed by atoms with van der Waals surface area (Å²) in [4.78, 5) is 24.9. The van der Waals surface area contributed by atoms with E-state index in [4.69, 9.17) is 9.84 Å². The van der Waals surface area contributed by atoms with E-state index in [-0.39, 0.29) is 19.1 Å². The summed E-state index contributed by atoms with van der Waals surface area (Å²) in [5, 5.41) is 15.9. The lowest BCUT2D eigenvalue weighted by Crippen LogP contribution is -2.48. The Morgan fingerprint density at radius 3 is 3.00 bits per heavy atom. The topological polar surface area (TPSA) is 100 Å². The van der Waals surface area contributed by atoms with E-state index in [1.54, 1.807) is 6.07 Å². The second-order valence-corrected chi connectivity index (χ2v) is 5.12. The molecule has 8 heteroatoms. The molecule has 22 heavy (non-hydrogen) atoms. The van der Waals surface area contributed by atoms with Crippen LogP contribution in [-0.2, 0) is 16.6 Å². The third kappa shape index (κ3) is 2.60. The minimum Gasteiger partial charge on any atom is -0.479 e. The second-order valence-electron chi connectivity index (χ2n) is 5.12. The SMILES string of the molecule is Cn1cccc1-c1cc(C(=O)N2CCO[C@H](C(=O)O)C2)[nH]n1. The largest absolute Gasteiger partial charge is 0.479 e. The number of aliphatic carboxylic acids is 1. The summed E-state index contributed by atoms with van der Waals surface area (Å²) >= 11 is 0. The number of amides is 1. The number of nitrogens with zero attached hydrogens (tertiary/aromatic N) is 3. The third-order valence-electron chi connectivity index (χ3n) is 3.64. The maximum Gasteiger partial charge on any atom is 0.334 e. The molecule has 2 aromatic heterocycles. The highest BCUT2D eigenvalue weighted by atomic mass is 16.5. The molecule has 1 amide bonds. The first-order valence-corrected chi connectivity index (χ1v) is 6.87. The molecule has 116 valence electrons. The molecule has 0 radical (unpaired) electrons. The molecule has 1 atom stereocenters. The first kappa shape index (κ1) is 14.3. The highest BCUT2D eigenvalue weighted by Crippen LogP contribution is 2.19. The van der Waals surface area contributed by atoms with Gasteiger partial charge in [-0.3, -0.25) is 9.89 Å². The van der Waals surface area contributed by atoms with Gasteiger partial charge in [-0.1, -0.05) is 0 Å². The number of hydrogen-bond acceptors (Lipinski definition) is 4. The number of carboxylic acid groups (broad SMARTS) is 1. The van der Waals surface area contributed by atoms with Gasteiger partial charge < -0.3 is 19.3 Å². The Labute approximate surface area is 126 Å². The van der Waals surface area contributed by atoms with Crippen LogP contribution in [0.25, 0.3) is 11.4 Å². The van der Waals surface area contributed by atoms with E-state index in [0.717, 1.165) is 5.69 Å². The van der Waals surface area contributed by atoms with Gasteiger partial charge in [0, 0.05) is 19.8 Å². The average Bonchev–Trinajstić information content (AvgIpc) is 3.15. The Morgan fingerprint density at radius 1 is 1.50 bits per heavy atom. The van der Waals surface area contributed by atoms with Gasteiger partial charge in [-0.25, -0.2) is 4.79 Å². The lowest BCUT2D eigenvalue weighted by Gasteiger charge is -2.30. The molecule has 0 bridgehead atoms. The van der Waals surface area contributed by atoms with Gasteiger partial charge in [0.1, 0.15) is 11.4 Å². The molecule has 0 unspecified atom stereocenters. The van der Waals surface area contributed by atoms with Crippen LogP contribution in [0, 0.1) is 0 Å². The normalized spacial score (nSPS) is 18.4. The minimum absolute atomic E-state index is 0.0344. The van der Waals surface area contributed by atoms with Crippen LogP contribution in [0.3, 0.4) is 0 Å². The Hall–Kier alpha value is -2.61. The molecule has 1 aliphatic heterocycles. The zero-order chi connectivity index (χ0) is 15.7. The van der Waals surface area contributed by atoms with Crippen molar-refractivity contribution in [1.82, 2.24) is 19.7 Å². The van der Waals surface area contributed by atoms with Gasteiger partial charge >= 0.3 is 5.97 Å². The number of carbonyl (C=O) groups excluding carboxylic acids is 1. The molecule has 2 aromatic rings. The smallest absolute Gasteiger partial charge is 0.334 e. The molecule has 8 nitrogen and oxygen atoms in total. The van der Waals surface area contributed by atoms with Gasteiger partial charge in [-0.05, 0) is 18.2 Å². The van der Waals surface area contributed by atoms with Crippen molar-refractivity contribution >= 4 is 11.9 Å². The molecule has 1 fully saturated rings. The summed E-state index contributed by atoms with van der Waals surface area (Å²) in [5.41, 5.74) is 1.89. The van der Waals surface area contributed by atoms with E-state index in [2.05, 4.69) is 10.2 Å². The van der Waals surface area contributed by atoms with Gasteiger partial charge in [0.05, 0.1) is 18.8 Å². The van der Waals surface area contributed by atoms with E-state index in [1.807, 2.05) is 29.9 Å². The quantitative estimate of drug-likeness (QED) is 0.851. The van der Waals surface area contributed by atoms with E-state index >= 15 is 0 Å². The predicted molar refractivity (Wildman–Crippen MR) is 76.3 cm³/mol. The number of ether oxygens (including phenoxy) is 1. The van der Waals surface area contributed by atoms with E-state index in [1.165, 1.54) is 4.90 Å². The number of aryl methyl sites for hydroxylation is 1. The number of H-pyrrole nitrogens is 1. The van der Waals surface area contributed by atoms with Crippen molar-refractivity contribution in [2.24, 2.45) is 7.05 Å². The lowest BCUT2D eigenvalue weighted by atomic mass is 10.2. The molecule has 3 heterocycles. The number of aromatic nitrogens is 3. The molecular weight excluding hydrogens is 288 g/mol. The number of aromatic amines is 1. The summed E-state index contributed by atoms with van der Waals surface area (Å²) in [6, 6.07) is 5.47. The maximum atomic E-state index is 12.4. The van der Waals surface area contributed by atoms with Crippen LogP contribution in [0.5, 0.6) is 0 Å². The predicted octanol–water partition coefficient (Wildman–Crippen LogP) is 0.341. The zero-order valence-corrected chi connectivity index (χ0v) is 12.0.